The molecule has 1 N–H and O–H groups in total. The minimum absolute atomic E-state index is 0.0216. The van der Waals surface area contributed by atoms with Gasteiger partial charge >= 0.3 is 5.97 Å². The Hall–Kier alpha value is -2.62. The molecule has 3 aromatic carbocycles. The maximum atomic E-state index is 11.9. The van der Waals surface area contributed by atoms with Crippen LogP contribution in [-0.2, 0) is 34.2 Å². The minimum Gasteiger partial charge on any atom is -0.497 e. The van der Waals surface area contributed by atoms with Crippen LogP contribution in [-0.4, -0.2) is 80.3 Å². The SMILES string of the molecule is COc1ccc(COC(CCO[Si](c2ccccc2)(c2ccccc2)C(C)(C)C)C[C@@H]2C[C@H](O[Si](C)(C)C)C[C@H](CC(CC(=O)O)O[Si](C)(C)C)O2)cc1. The van der Waals surface area contributed by atoms with Crippen molar-refractivity contribution in [1.29, 1.82) is 0 Å². The Morgan fingerprint density at radius 1 is 0.796 bits per heavy atom. The number of carbonyl (C=O) groups is 1. The molecule has 1 fully saturated rings. The zero-order chi connectivity index (χ0) is 39.6. The number of benzene rings is 3. The third-order valence-corrected chi connectivity index (χ3v) is 16.9. The van der Waals surface area contributed by atoms with Crippen LogP contribution in [0.25, 0.3) is 0 Å². The highest BCUT2D eigenvalue weighted by molar-refractivity contribution is 6.99. The highest BCUT2D eigenvalue weighted by Gasteiger charge is 2.50. The first-order valence-electron chi connectivity index (χ1n) is 19.6. The second kappa shape index (κ2) is 19.5. The number of hydrogen-bond donors (Lipinski definition) is 1. The molecular weight excluding hydrogens is 729 g/mol. The van der Waals surface area contributed by atoms with Crippen LogP contribution < -0.4 is 15.1 Å². The molecule has 1 saturated heterocycles. The van der Waals surface area contributed by atoms with E-state index in [2.05, 4.69) is 121 Å². The molecule has 0 amide bonds. The third-order valence-electron chi connectivity index (χ3n) is 9.75. The summed E-state index contributed by atoms with van der Waals surface area (Å²) >= 11 is 0. The summed E-state index contributed by atoms with van der Waals surface area (Å²) in [7, 11) is -4.93. The summed E-state index contributed by atoms with van der Waals surface area (Å²) < 4.78 is 39.5. The Bertz CT molecular complexity index is 1510. The van der Waals surface area contributed by atoms with Gasteiger partial charge < -0.3 is 32.6 Å². The van der Waals surface area contributed by atoms with Gasteiger partial charge in [0.1, 0.15) is 5.75 Å². The van der Waals surface area contributed by atoms with E-state index in [-0.39, 0.29) is 35.9 Å². The van der Waals surface area contributed by atoms with Crippen molar-refractivity contribution in [2.75, 3.05) is 13.7 Å². The quantitative estimate of drug-likeness (QED) is 0.114. The van der Waals surface area contributed by atoms with Crippen molar-refractivity contribution in [2.45, 2.75) is 141 Å². The van der Waals surface area contributed by atoms with Crippen molar-refractivity contribution < 1.29 is 37.4 Å². The first-order valence-corrected chi connectivity index (χ1v) is 28.3. The molecule has 0 saturated carbocycles. The van der Waals surface area contributed by atoms with E-state index in [0.717, 1.165) is 24.2 Å². The summed E-state index contributed by atoms with van der Waals surface area (Å²) in [5.74, 6) is -0.0446. The molecule has 1 aliphatic heterocycles. The Labute approximate surface area is 328 Å². The van der Waals surface area contributed by atoms with Crippen LogP contribution in [0.1, 0.15) is 64.9 Å². The van der Waals surface area contributed by atoms with Crippen molar-refractivity contribution in [2.24, 2.45) is 0 Å². The lowest BCUT2D eigenvalue weighted by molar-refractivity contribution is -0.141. The Kier molecular flexibility index (Phi) is 15.9. The molecule has 2 unspecified atom stereocenters. The summed E-state index contributed by atoms with van der Waals surface area (Å²) in [5, 5.41) is 12.1. The maximum absolute atomic E-state index is 11.9. The second-order valence-corrected chi connectivity index (χ2v) is 30.9. The van der Waals surface area contributed by atoms with Crippen LogP contribution in [0, 0.1) is 0 Å². The van der Waals surface area contributed by atoms with Gasteiger partial charge in [-0.2, -0.15) is 0 Å². The molecule has 0 aliphatic carbocycles. The fraction of sp³-hybridized carbons (Fsp3) is 0.558. The largest absolute Gasteiger partial charge is 0.497 e. The van der Waals surface area contributed by atoms with Gasteiger partial charge in [0.15, 0.2) is 16.6 Å². The van der Waals surface area contributed by atoms with Gasteiger partial charge in [-0.15, -0.1) is 0 Å². The van der Waals surface area contributed by atoms with Gasteiger partial charge in [-0.25, -0.2) is 0 Å². The highest BCUT2D eigenvalue weighted by atomic mass is 28.4. The summed E-state index contributed by atoms with van der Waals surface area (Å²) in [6.45, 7) is 20.8. The molecule has 0 bridgehead atoms. The molecule has 0 radical (unpaired) electrons. The number of carboxylic acids is 1. The van der Waals surface area contributed by atoms with Gasteiger partial charge in [-0.3, -0.25) is 4.79 Å². The predicted molar refractivity (Wildman–Crippen MR) is 226 cm³/mol. The normalized spacial score (nSPS) is 19.6. The van der Waals surface area contributed by atoms with Gasteiger partial charge in [0.25, 0.3) is 8.32 Å². The lowest BCUT2D eigenvalue weighted by atomic mass is 9.93. The summed E-state index contributed by atoms with van der Waals surface area (Å²) in [4.78, 5) is 11.9. The molecule has 4 rings (SSSR count). The topological polar surface area (TPSA) is 92.7 Å². The van der Waals surface area contributed by atoms with Crippen molar-refractivity contribution in [3.8, 4) is 5.75 Å². The zero-order valence-electron chi connectivity index (χ0n) is 34.4. The predicted octanol–water partition coefficient (Wildman–Crippen LogP) is 8.79. The highest BCUT2D eigenvalue weighted by Crippen LogP contribution is 2.37. The number of hydrogen-bond acceptors (Lipinski definition) is 7. The van der Waals surface area contributed by atoms with Gasteiger partial charge in [0.2, 0.25) is 0 Å². The standard InChI is InChI=1S/C43H66O8Si3/c1-43(2,3)54(40-17-13-11-14-18-40,41-19-15-12-16-20-41)48-26-25-35(47-32-33-21-23-34(46-4)24-22-33)27-36-28-38(50-52(5,6)7)29-37(49-36)30-39(31-42(44)45)51-53(8,9)10/h11-24,35-39H,25-32H2,1-10H3,(H,44,45)/t35?,36-,37-,38+,39?/m1/s1. The summed E-state index contributed by atoms with van der Waals surface area (Å²) in [6, 6.07) is 29.5. The molecule has 1 aliphatic rings. The fourth-order valence-electron chi connectivity index (χ4n) is 7.73. The molecule has 54 heavy (non-hydrogen) atoms. The van der Waals surface area contributed by atoms with Gasteiger partial charge in [-0.05, 0) is 104 Å². The molecular formula is C43H66O8Si3. The number of methoxy groups -OCH3 is 1. The number of carboxylic acid groups (broad SMARTS) is 1. The van der Waals surface area contributed by atoms with Crippen molar-refractivity contribution in [1.82, 2.24) is 0 Å². The van der Waals surface area contributed by atoms with E-state index >= 15 is 0 Å². The van der Waals surface area contributed by atoms with Crippen molar-refractivity contribution >= 4 is 41.3 Å². The molecule has 0 aromatic heterocycles. The molecule has 11 heteroatoms. The van der Waals surface area contributed by atoms with E-state index < -0.39 is 37.0 Å². The van der Waals surface area contributed by atoms with E-state index in [1.165, 1.54) is 10.4 Å². The molecule has 0 spiro atoms. The van der Waals surface area contributed by atoms with E-state index in [9.17, 15) is 9.90 Å². The van der Waals surface area contributed by atoms with E-state index in [1.807, 2.05) is 24.3 Å². The summed E-state index contributed by atoms with van der Waals surface area (Å²) in [6.07, 6.45) is 2.46. The first-order chi connectivity index (χ1) is 25.4. The van der Waals surface area contributed by atoms with Crippen molar-refractivity contribution in [3.63, 3.8) is 0 Å². The van der Waals surface area contributed by atoms with Crippen molar-refractivity contribution in [3.05, 3.63) is 90.5 Å². The number of aliphatic carboxylic acids is 1. The average molecular weight is 795 g/mol. The maximum Gasteiger partial charge on any atom is 0.305 e. The zero-order valence-corrected chi connectivity index (χ0v) is 37.4. The summed E-state index contributed by atoms with van der Waals surface area (Å²) in [5.41, 5.74) is 1.07. The minimum atomic E-state index is -2.74. The second-order valence-electron chi connectivity index (χ2n) is 17.7. The molecule has 1 heterocycles. The van der Waals surface area contributed by atoms with Crippen LogP contribution in [0.3, 0.4) is 0 Å². The lowest BCUT2D eigenvalue weighted by Gasteiger charge is -2.43. The number of rotatable bonds is 20. The lowest BCUT2D eigenvalue weighted by Crippen LogP contribution is -2.66. The van der Waals surface area contributed by atoms with E-state index in [0.29, 0.717) is 32.5 Å². The van der Waals surface area contributed by atoms with Crippen LogP contribution >= 0.6 is 0 Å². The Balaban J connectivity index is 1.61. The van der Waals surface area contributed by atoms with Crippen LogP contribution in [0.5, 0.6) is 5.75 Å². The van der Waals surface area contributed by atoms with E-state index in [1.54, 1.807) is 7.11 Å². The Morgan fingerprint density at radius 3 is 1.80 bits per heavy atom. The van der Waals surface area contributed by atoms with Crippen LogP contribution in [0.2, 0.25) is 44.3 Å². The van der Waals surface area contributed by atoms with Gasteiger partial charge in [-0.1, -0.05) is 93.6 Å². The van der Waals surface area contributed by atoms with Gasteiger partial charge in [0.05, 0.1) is 44.6 Å². The number of ether oxygens (including phenoxy) is 3. The molecule has 8 nitrogen and oxygen atoms in total. The first kappa shape index (κ1) is 44.1. The fourth-order valence-corrected chi connectivity index (χ4v) is 14.7. The monoisotopic (exact) mass is 794 g/mol. The molecule has 5 atom stereocenters. The van der Waals surface area contributed by atoms with Crippen LogP contribution in [0.4, 0.5) is 0 Å². The average Bonchev–Trinajstić information content (AvgIpc) is 3.07. The Morgan fingerprint density at radius 2 is 1.33 bits per heavy atom. The smallest absolute Gasteiger partial charge is 0.305 e. The van der Waals surface area contributed by atoms with Gasteiger partial charge in [0, 0.05) is 12.7 Å². The van der Waals surface area contributed by atoms with E-state index in [4.69, 9.17) is 27.5 Å². The molecule has 298 valence electrons. The van der Waals surface area contributed by atoms with Crippen LogP contribution in [0.15, 0.2) is 84.9 Å². The third kappa shape index (κ3) is 13.5. The molecule has 3 aromatic rings.